The first-order chi connectivity index (χ1) is 9.97. The number of aromatic nitrogens is 1. The van der Waals surface area contributed by atoms with Crippen LogP contribution in [0.1, 0.15) is 23.6 Å². The summed E-state index contributed by atoms with van der Waals surface area (Å²) in [7, 11) is 0. The van der Waals surface area contributed by atoms with Gasteiger partial charge in [-0.1, -0.05) is 23.8 Å². The summed E-state index contributed by atoms with van der Waals surface area (Å²) in [5.74, 6) is 1.08. The minimum atomic E-state index is -0.590. The van der Waals surface area contributed by atoms with Crippen molar-refractivity contribution in [3.8, 4) is 5.75 Å². The van der Waals surface area contributed by atoms with Crippen molar-refractivity contribution < 1.29 is 9.53 Å². The first kappa shape index (κ1) is 15.0. The molecule has 1 aromatic carbocycles. The molecule has 4 heteroatoms. The van der Waals surface area contributed by atoms with Gasteiger partial charge in [0.15, 0.2) is 6.10 Å². The highest BCUT2D eigenvalue weighted by molar-refractivity contribution is 5.93. The molecular weight excluding hydrogens is 264 g/mol. The molecule has 0 aliphatic carbocycles. The average molecular weight is 284 g/mol. The van der Waals surface area contributed by atoms with Gasteiger partial charge in [-0.25, -0.2) is 4.98 Å². The van der Waals surface area contributed by atoms with Crippen molar-refractivity contribution in [3.63, 3.8) is 0 Å². The van der Waals surface area contributed by atoms with E-state index in [-0.39, 0.29) is 5.91 Å². The third kappa shape index (κ3) is 3.81. The van der Waals surface area contributed by atoms with Crippen LogP contribution >= 0.6 is 0 Å². The minimum absolute atomic E-state index is 0.211. The number of nitrogens with one attached hydrogen (secondary N) is 1. The second-order valence-electron chi connectivity index (χ2n) is 5.19. The number of hydrogen-bond donors (Lipinski definition) is 1. The van der Waals surface area contributed by atoms with E-state index in [9.17, 15) is 4.79 Å². The molecule has 1 amide bonds. The highest BCUT2D eigenvalue weighted by atomic mass is 16.5. The van der Waals surface area contributed by atoms with Crippen LogP contribution in [0.15, 0.2) is 36.5 Å². The third-order valence-corrected chi connectivity index (χ3v) is 3.25. The number of rotatable bonds is 4. The molecule has 2 rings (SSSR count). The molecule has 1 unspecified atom stereocenters. The number of carbonyl (C=O) groups excluding carboxylic acids is 1. The quantitative estimate of drug-likeness (QED) is 0.936. The SMILES string of the molecule is Cc1ccc(OC(C)C(=O)Nc2ncccc2C)c(C)c1. The normalized spacial score (nSPS) is 11.8. The van der Waals surface area contributed by atoms with Crippen molar-refractivity contribution >= 4 is 11.7 Å². The van der Waals surface area contributed by atoms with Gasteiger partial charge in [0.25, 0.3) is 5.91 Å². The van der Waals surface area contributed by atoms with Crippen molar-refractivity contribution in [3.05, 3.63) is 53.2 Å². The lowest BCUT2D eigenvalue weighted by Gasteiger charge is -2.16. The summed E-state index contributed by atoms with van der Waals surface area (Å²) in [6, 6.07) is 9.62. The van der Waals surface area contributed by atoms with Gasteiger partial charge in [0.05, 0.1) is 0 Å². The van der Waals surface area contributed by atoms with Gasteiger partial charge in [0.2, 0.25) is 0 Å². The largest absolute Gasteiger partial charge is 0.481 e. The molecule has 0 bridgehead atoms. The molecule has 0 fully saturated rings. The first-order valence-electron chi connectivity index (χ1n) is 6.94. The number of amides is 1. The molecule has 1 atom stereocenters. The summed E-state index contributed by atoms with van der Waals surface area (Å²) < 4.78 is 5.73. The standard InChI is InChI=1S/C17H20N2O2/c1-11-7-8-15(13(3)10-11)21-14(4)17(20)19-16-12(2)6-5-9-18-16/h5-10,14H,1-4H3,(H,18,19,20). The summed E-state index contributed by atoms with van der Waals surface area (Å²) in [6.07, 6.45) is 1.06. The minimum Gasteiger partial charge on any atom is -0.481 e. The molecule has 2 aromatic rings. The van der Waals surface area contributed by atoms with Crippen molar-refractivity contribution in [1.29, 1.82) is 0 Å². The summed E-state index contributed by atoms with van der Waals surface area (Å²) in [6.45, 7) is 7.62. The van der Waals surface area contributed by atoms with Crippen LogP contribution in [0.5, 0.6) is 5.75 Å². The maximum Gasteiger partial charge on any atom is 0.266 e. The molecular formula is C17H20N2O2. The van der Waals surface area contributed by atoms with Crippen LogP contribution in [-0.2, 0) is 4.79 Å². The van der Waals surface area contributed by atoms with Crippen LogP contribution in [0.25, 0.3) is 0 Å². The maximum atomic E-state index is 12.2. The molecule has 1 heterocycles. The average Bonchev–Trinajstić information content (AvgIpc) is 2.44. The van der Waals surface area contributed by atoms with E-state index in [1.54, 1.807) is 13.1 Å². The molecule has 0 aliphatic heterocycles. The Bertz CT molecular complexity index is 653. The van der Waals surface area contributed by atoms with E-state index in [0.717, 1.165) is 16.9 Å². The van der Waals surface area contributed by atoms with E-state index >= 15 is 0 Å². The van der Waals surface area contributed by atoms with Crippen molar-refractivity contribution in [2.24, 2.45) is 0 Å². The lowest BCUT2D eigenvalue weighted by atomic mass is 10.1. The number of hydrogen-bond acceptors (Lipinski definition) is 3. The zero-order chi connectivity index (χ0) is 15.4. The number of benzene rings is 1. The predicted octanol–water partition coefficient (Wildman–Crippen LogP) is 3.41. The Labute approximate surface area is 125 Å². The predicted molar refractivity (Wildman–Crippen MR) is 83.6 cm³/mol. The Hall–Kier alpha value is -2.36. The Balaban J connectivity index is 2.04. The Morgan fingerprint density at radius 1 is 1.19 bits per heavy atom. The lowest BCUT2D eigenvalue weighted by Crippen LogP contribution is -2.30. The lowest BCUT2D eigenvalue weighted by molar-refractivity contribution is -0.122. The van der Waals surface area contributed by atoms with Crippen LogP contribution in [-0.4, -0.2) is 17.0 Å². The molecule has 110 valence electrons. The molecule has 0 spiro atoms. The van der Waals surface area contributed by atoms with Gasteiger partial charge in [-0.2, -0.15) is 0 Å². The summed E-state index contributed by atoms with van der Waals surface area (Å²) in [4.78, 5) is 16.3. The van der Waals surface area contributed by atoms with Crippen LogP contribution < -0.4 is 10.1 Å². The van der Waals surface area contributed by atoms with E-state index in [1.165, 1.54) is 5.56 Å². The number of nitrogens with zero attached hydrogens (tertiary/aromatic N) is 1. The molecule has 4 nitrogen and oxygen atoms in total. The van der Waals surface area contributed by atoms with Crippen molar-refractivity contribution in [2.45, 2.75) is 33.8 Å². The van der Waals surface area contributed by atoms with Gasteiger partial charge in [-0.05, 0) is 51.0 Å². The van der Waals surface area contributed by atoms with Crippen LogP contribution in [0.3, 0.4) is 0 Å². The van der Waals surface area contributed by atoms with Crippen molar-refractivity contribution in [2.75, 3.05) is 5.32 Å². The number of ether oxygens (including phenoxy) is 1. The second kappa shape index (κ2) is 6.39. The number of anilines is 1. The van der Waals surface area contributed by atoms with Gasteiger partial charge >= 0.3 is 0 Å². The number of pyridine rings is 1. The fourth-order valence-electron chi connectivity index (χ4n) is 2.01. The molecule has 0 saturated carbocycles. The Morgan fingerprint density at radius 3 is 2.62 bits per heavy atom. The van der Waals surface area contributed by atoms with Gasteiger partial charge in [0, 0.05) is 6.20 Å². The fourth-order valence-corrected chi connectivity index (χ4v) is 2.01. The zero-order valence-electron chi connectivity index (χ0n) is 12.8. The molecule has 0 saturated heterocycles. The monoisotopic (exact) mass is 284 g/mol. The summed E-state index contributed by atoms with van der Waals surface area (Å²) in [5, 5.41) is 2.79. The smallest absolute Gasteiger partial charge is 0.266 e. The fraction of sp³-hybridized carbons (Fsp3) is 0.294. The number of carbonyl (C=O) groups is 1. The van der Waals surface area contributed by atoms with Crippen molar-refractivity contribution in [1.82, 2.24) is 4.98 Å². The molecule has 0 aliphatic rings. The molecule has 21 heavy (non-hydrogen) atoms. The Kier molecular flexibility index (Phi) is 4.58. The zero-order valence-corrected chi connectivity index (χ0v) is 12.8. The highest BCUT2D eigenvalue weighted by Gasteiger charge is 2.17. The summed E-state index contributed by atoms with van der Waals surface area (Å²) >= 11 is 0. The van der Waals surface area contributed by atoms with Gasteiger partial charge < -0.3 is 10.1 Å². The van der Waals surface area contributed by atoms with Gasteiger partial charge in [-0.15, -0.1) is 0 Å². The van der Waals surface area contributed by atoms with Gasteiger partial charge in [0.1, 0.15) is 11.6 Å². The highest BCUT2D eigenvalue weighted by Crippen LogP contribution is 2.20. The van der Waals surface area contributed by atoms with Gasteiger partial charge in [-0.3, -0.25) is 4.79 Å². The molecule has 1 N–H and O–H groups in total. The molecule has 1 aromatic heterocycles. The maximum absolute atomic E-state index is 12.2. The van der Waals surface area contributed by atoms with E-state index in [0.29, 0.717) is 5.82 Å². The summed E-state index contributed by atoms with van der Waals surface area (Å²) in [5.41, 5.74) is 3.11. The van der Waals surface area contributed by atoms with E-state index in [2.05, 4.69) is 10.3 Å². The van der Waals surface area contributed by atoms with Crippen LogP contribution in [0.4, 0.5) is 5.82 Å². The van der Waals surface area contributed by atoms with E-state index in [4.69, 9.17) is 4.74 Å². The third-order valence-electron chi connectivity index (χ3n) is 3.25. The number of aryl methyl sites for hydroxylation is 3. The topological polar surface area (TPSA) is 51.2 Å². The van der Waals surface area contributed by atoms with Crippen LogP contribution in [0.2, 0.25) is 0 Å². The molecule has 0 radical (unpaired) electrons. The second-order valence-corrected chi connectivity index (χ2v) is 5.19. The van der Waals surface area contributed by atoms with Crippen LogP contribution in [0, 0.1) is 20.8 Å². The van der Waals surface area contributed by atoms with E-state index < -0.39 is 6.10 Å². The Morgan fingerprint density at radius 2 is 1.95 bits per heavy atom. The first-order valence-corrected chi connectivity index (χ1v) is 6.94. The van der Waals surface area contributed by atoms with E-state index in [1.807, 2.05) is 51.1 Å².